The number of carbonyl (C=O) groups is 1. The maximum Gasteiger partial charge on any atom is 0.274 e. The number of nitrogens with zero attached hydrogens (tertiary/aromatic N) is 1. The molecule has 1 atom stereocenters. The van der Waals surface area contributed by atoms with Crippen molar-refractivity contribution in [2.45, 2.75) is 25.9 Å². The van der Waals surface area contributed by atoms with Crippen LogP contribution in [0.1, 0.15) is 25.3 Å². The van der Waals surface area contributed by atoms with Gasteiger partial charge in [0, 0.05) is 6.07 Å². The lowest BCUT2D eigenvalue weighted by atomic mass is 10.2. The summed E-state index contributed by atoms with van der Waals surface area (Å²) < 4.78 is 10.7. The smallest absolute Gasteiger partial charge is 0.274 e. The first-order chi connectivity index (χ1) is 9.15. The third-order valence-corrected chi connectivity index (χ3v) is 2.55. The van der Waals surface area contributed by atoms with E-state index in [1.54, 1.807) is 18.2 Å². The number of nitriles is 1. The molecule has 0 saturated heterocycles. The Morgan fingerprint density at radius 3 is 2.79 bits per heavy atom. The van der Waals surface area contributed by atoms with Gasteiger partial charge in [-0.15, -0.1) is 0 Å². The van der Waals surface area contributed by atoms with Gasteiger partial charge in [-0.05, 0) is 18.6 Å². The second-order valence-electron chi connectivity index (χ2n) is 3.88. The Labute approximate surface area is 112 Å². The molecule has 0 aliphatic heterocycles. The van der Waals surface area contributed by atoms with E-state index in [1.165, 1.54) is 7.11 Å². The van der Waals surface area contributed by atoms with Crippen LogP contribution in [-0.2, 0) is 4.79 Å². The van der Waals surface area contributed by atoms with Crippen LogP contribution >= 0.6 is 0 Å². The average Bonchev–Trinajstić information content (AvgIpc) is 2.46. The minimum atomic E-state index is -0.683. The Hall–Kier alpha value is -2.26. The topological polar surface area (TPSA) is 97.4 Å². The fraction of sp³-hybridized carbons (Fsp3) is 0.385. The Bertz CT molecular complexity index is 483. The molecule has 0 spiro atoms. The molecule has 0 aliphatic carbocycles. The first-order valence-electron chi connectivity index (χ1n) is 5.91. The molecule has 102 valence electrons. The van der Waals surface area contributed by atoms with Crippen LogP contribution in [-0.4, -0.2) is 19.1 Å². The van der Waals surface area contributed by atoms with Crippen molar-refractivity contribution < 1.29 is 14.3 Å². The van der Waals surface area contributed by atoms with Crippen LogP contribution < -0.4 is 20.7 Å². The number of nitrogens with two attached hydrogens (primary N) is 1. The third-order valence-electron chi connectivity index (χ3n) is 2.55. The van der Waals surface area contributed by atoms with Gasteiger partial charge in [-0.2, -0.15) is 5.26 Å². The lowest BCUT2D eigenvalue weighted by Crippen LogP contribution is -2.42. The largest absolute Gasteiger partial charge is 0.493 e. The maximum absolute atomic E-state index is 11.6. The summed E-state index contributed by atoms with van der Waals surface area (Å²) in [5.74, 6) is 5.54. The number of carbonyl (C=O) groups excluding carboxylic acids is 1. The summed E-state index contributed by atoms with van der Waals surface area (Å²) in [6.45, 7) is 1.94. The van der Waals surface area contributed by atoms with E-state index >= 15 is 0 Å². The molecule has 19 heavy (non-hydrogen) atoms. The van der Waals surface area contributed by atoms with E-state index < -0.39 is 12.0 Å². The highest BCUT2D eigenvalue weighted by Crippen LogP contribution is 2.29. The molecule has 1 unspecified atom stereocenters. The molecule has 0 radical (unpaired) electrons. The number of ether oxygens (including phenoxy) is 2. The van der Waals surface area contributed by atoms with E-state index in [0.29, 0.717) is 23.5 Å². The molecule has 6 heteroatoms. The summed E-state index contributed by atoms with van der Waals surface area (Å²) in [6, 6.07) is 6.76. The zero-order valence-corrected chi connectivity index (χ0v) is 11.0. The monoisotopic (exact) mass is 263 g/mol. The summed E-state index contributed by atoms with van der Waals surface area (Å²) in [5.41, 5.74) is 2.53. The number of hydrogen-bond donors (Lipinski definition) is 2. The highest BCUT2D eigenvalue weighted by molar-refractivity contribution is 5.80. The van der Waals surface area contributed by atoms with Gasteiger partial charge in [-0.3, -0.25) is 10.2 Å². The second kappa shape index (κ2) is 7.24. The molecule has 0 aromatic heterocycles. The van der Waals surface area contributed by atoms with Crippen LogP contribution in [0.25, 0.3) is 0 Å². The molecule has 0 aliphatic rings. The molecule has 0 bridgehead atoms. The van der Waals surface area contributed by atoms with Gasteiger partial charge in [0.05, 0.1) is 18.7 Å². The van der Waals surface area contributed by atoms with E-state index in [1.807, 2.05) is 13.0 Å². The lowest BCUT2D eigenvalue weighted by Gasteiger charge is -2.18. The van der Waals surface area contributed by atoms with Gasteiger partial charge in [0.1, 0.15) is 0 Å². The summed E-state index contributed by atoms with van der Waals surface area (Å²) in [4.78, 5) is 11.6. The number of hydrazine groups is 1. The molecule has 3 N–H and O–H groups in total. The Balaban J connectivity index is 2.96. The molecule has 0 heterocycles. The standard InChI is InChI=1S/C13H17N3O3/c1-3-4-11(13(17)16-15)19-10-6-5-9(8-14)7-12(10)18-2/h5-7,11H,3-4,15H2,1-2H3,(H,16,17). The molecule has 0 saturated carbocycles. The van der Waals surface area contributed by atoms with Gasteiger partial charge >= 0.3 is 0 Å². The van der Waals surface area contributed by atoms with E-state index in [0.717, 1.165) is 6.42 Å². The fourth-order valence-corrected chi connectivity index (χ4v) is 1.59. The molecular weight excluding hydrogens is 246 g/mol. The zero-order chi connectivity index (χ0) is 14.3. The predicted molar refractivity (Wildman–Crippen MR) is 69.4 cm³/mol. The molecule has 0 fully saturated rings. The van der Waals surface area contributed by atoms with Crippen molar-refractivity contribution in [1.29, 1.82) is 5.26 Å². The number of rotatable bonds is 6. The van der Waals surface area contributed by atoms with Gasteiger partial charge < -0.3 is 9.47 Å². The molecule has 1 rings (SSSR count). The van der Waals surface area contributed by atoms with Gasteiger partial charge in [0.15, 0.2) is 17.6 Å². The van der Waals surface area contributed by atoms with Crippen LogP contribution in [0.2, 0.25) is 0 Å². The van der Waals surface area contributed by atoms with Crippen LogP contribution in [0.5, 0.6) is 11.5 Å². The number of amides is 1. The fourth-order valence-electron chi connectivity index (χ4n) is 1.59. The van der Waals surface area contributed by atoms with Crippen molar-refractivity contribution in [3.05, 3.63) is 23.8 Å². The zero-order valence-electron chi connectivity index (χ0n) is 11.0. The summed E-state index contributed by atoms with van der Waals surface area (Å²) in [5, 5.41) is 8.81. The van der Waals surface area contributed by atoms with Crippen molar-refractivity contribution in [2.24, 2.45) is 5.84 Å². The molecule has 6 nitrogen and oxygen atoms in total. The molecule has 1 aromatic rings. The predicted octanol–water partition coefficient (Wildman–Crippen LogP) is 1.10. The maximum atomic E-state index is 11.6. The Kier molecular flexibility index (Phi) is 5.64. The number of hydrogen-bond acceptors (Lipinski definition) is 5. The van der Waals surface area contributed by atoms with Crippen LogP contribution in [0.15, 0.2) is 18.2 Å². The van der Waals surface area contributed by atoms with E-state index in [4.69, 9.17) is 20.6 Å². The first-order valence-corrected chi connectivity index (χ1v) is 5.91. The normalized spacial score (nSPS) is 11.3. The van der Waals surface area contributed by atoms with Crippen molar-refractivity contribution >= 4 is 5.91 Å². The van der Waals surface area contributed by atoms with Gasteiger partial charge in [-0.1, -0.05) is 13.3 Å². The third kappa shape index (κ3) is 3.86. The van der Waals surface area contributed by atoms with Crippen molar-refractivity contribution in [3.8, 4) is 17.6 Å². The summed E-state index contributed by atoms with van der Waals surface area (Å²) in [6.07, 6.45) is 0.625. The second-order valence-corrected chi connectivity index (χ2v) is 3.88. The van der Waals surface area contributed by atoms with E-state index in [2.05, 4.69) is 5.43 Å². The first kappa shape index (κ1) is 14.8. The summed E-state index contributed by atoms with van der Waals surface area (Å²) in [7, 11) is 1.47. The minimum Gasteiger partial charge on any atom is -0.493 e. The van der Waals surface area contributed by atoms with Crippen molar-refractivity contribution in [1.82, 2.24) is 5.43 Å². The van der Waals surface area contributed by atoms with E-state index in [9.17, 15) is 4.79 Å². The molecule has 1 aromatic carbocycles. The van der Waals surface area contributed by atoms with Crippen LogP contribution in [0.3, 0.4) is 0 Å². The van der Waals surface area contributed by atoms with Gasteiger partial charge in [0.2, 0.25) is 0 Å². The lowest BCUT2D eigenvalue weighted by molar-refractivity contribution is -0.128. The SMILES string of the molecule is CCCC(Oc1ccc(C#N)cc1OC)C(=O)NN. The Morgan fingerprint density at radius 1 is 1.53 bits per heavy atom. The number of methoxy groups -OCH3 is 1. The van der Waals surface area contributed by atoms with Crippen LogP contribution in [0.4, 0.5) is 0 Å². The van der Waals surface area contributed by atoms with Crippen molar-refractivity contribution in [2.75, 3.05) is 7.11 Å². The molecular formula is C13H17N3O3. The number of benzene rings is 1. The molecule has 1 amide bonds. The highest BCUT2D eigenvalue weighted by Gasteiger charge is 2.20. The highest BCUT2D eigenvalue weighted by atomic mass is 16.5. The van der Waals surface area contributed by atoms with Gasteiger partial charge in [-0.25, -0.2) is 5.84 Å². The van der Waals surface area contributed by atoms with Crippen LogP contribution in [0, 0.1) is 11.3 Å². The average molecular weight is 263 g/mol. The van der Waals surface area contributed by atoms with E-state index in [-0.39, 0.29) is 0 Å². The quantitative estimate of drug-likeness (QED) is 0.455. The number of nitrogens with one attached hydrogen (secondary N) is 1. The Morgan fingerprint density at radius 2 is 2.26 bits per heavy atom. The minimum absolute atomic E-state index is 0.395. The van der Waals surface area contributed by atoms with Gasteiger partial charge in [0.25, 0.3) is 5.91 Å². The van der Waals surface area contributed by atoms with Crippen molar-refractivity contribution in [3.63, 3.8) is 0 Å². The summed E-state index contributed by atoms with van der Waals surface area (Å²) >= 11 is 0.